The van der Waals surface area contributed by atoms with Crippen LogP contribution >= 0.6 is 12.4 Å². The first-order valence-electron chi connectivity index (χ1n) is 7.35. The third kappa shape index (κ3) is 4.33. The summed E-state index contributed by atoms with van der Waals surface area (Å²) in [6.45, 7) is 2.93. The molecule has 0 aliphatic carbocycles. The van der Waals surface area contributed by atoms with Gasteiger partial charge in [-0.1, -0.05) is 30.3 Å². The van der Waals surface area contributed by atoms with Crippen molar-refractivity contribution < 1.29 is 13.5 Å². The lowest BCUT2D eigenvalue weighted by atomic mass is 10.2. The van der Waals surface area contributed by atoms with Crippen molar-refractivity contribution in [3.8, 4) is 5.75 Å². The van der Waals surface area contributed by atoms with Crippen molar-refractivity contribution in [1.82, 2.24) is 5.32 Å². The zero-order valence-corrected chi connectivity index (χ0v) is 13.4. The molecule has 1 aliphatic heterocycles. The van der Waals surface area contributed by atoms with Gasteiger partial charge in [-0.05, 0) is 5.56 Å². The van der Waals surface area contributed by atoms with Gasteiger partial charge in [-0.15, -0.1) is 12.4 Å². The van der Waals surface area contributed by atoms with Gasteiger partial charge >= 0.3 is 0 Å². The summed E-state index contributed by atoms with van der Waals surface area (Å²) in [6.07, 6.45) is 0. The zero-order valence-electron chi connectivity index (χ0n) is 12.6. The average molecular weight is 341 g/mol. The van der Waals surface area contributed by atoms with Crippen LogP contribution in [0.3, 0.4) is 0 Å². The molecule has 3 nitrogen and oxygen atoms in total. The summed E-state index contributed by atoms with van der Waals surface area (Å²) in [4.78, 5) is 1.72. The third-order valence-electron chi connectivity index (χ3n) is 3.67. The van der Waals surface area contributed by atoms with E-state index in [0.29, 0.717) is 13.1 Å². The van der Waals surface area contributed by atoms with Crippen LogP contribution in [0.2, 0.25) is 0 Å². The van der Waals surface area contributed by atoms with E-state index in [2.05, 4.69) is 5.32 Å². The quantitative estimate of drug-likeness (QED) is 0.923. The summed E-state index contributed by atoms with van der Waals surface area (Å²) in [5, 5.41) is 3.16. The number of halogens is 3. The average Bonchev–Trinajstić information content (AvgIpc) is 2.54. The third-order valence-corrected chi connectivity index (χ3v) is 3.67. The number of piperazine rings is 1. The van der Waals surface area contributed by atoms with Crippen molar-refractivity contribution in [3.05, 3.63) is 59.7 Å². The van der Waals surface area contributed by atoms with Gasteiger partial charge in [0.1, 0.15) is 18.0 Å². The molecular weight excluding hydrogens is 322 g/mol. The monoisotopic (exact) mass is 340 g/mol. The molecule has 0 amide bonds. The maximum atomic E-state index is 14.2. The lowest BCUT2D eigenvalue weighted by molar-refractivity contribution is 0.302. The highest BCUT2D eigenvalue weighted by Gasteiger charge is 2.20. The van der Waals surface area contributed by atoms with Gasteiger partial charge in [-0.2, -0.15) is 0 Å². The Morgan fingerprint density at radius 3 is 2.22 bits per heavy atom. The summed E-state index contributed by atoms with van der Waals surface area (Å²) in [6, 6.07) is 12.0. The number of rotatable bonds is 4. The number of benzene rings is 2. The highest BCUT2D eigenvalue weighted by Crippen LogP contribution is 2.28. The first kappa shape index (κ1) is 17.5. The van der Waals surface area contributed by atoms with E-state index in [0.717, 1.165) is 18.7 Å². The lowest BCUT2D eigenvalue weighted by Gasteiger charge is -2.30. The Balaban J connectivity index is 0.00000192. The van der Waals surface area contributed by atoms with Gasteiger partial charge < -0.3 is 15.0 Å². The maximum Gasteiger partial charge on any atom is 0.153 e. The number of ether oxygens (including phenoxy) is 1. The van der Waals surface area contributed by atoms with E-state index in [1.807, 2.05) is 30.3 Å². The summed E-state index contributed by atoms with van der Waals surface area (Å²) in [5.41, 5.74) is 0.989. The molecule has 124 valence electrons. The molecule has 1 heterocycles. The van der Waals surface area contributed by atoms with Crippen molar-refractivity contribution in [2.75, 3.05) is 31.1 Å². The van der Waals surface area contributed by atoms with E-state index in [-0.39, 0.29) is 30.5 Å². The fourth-order valence-electron chi connectivity index (χ4n) is 2.56. The molecule has 1 aliphatic rings. The van der Waals surface area contributed by atoms with Crippen molar-refractivity contribution in [2.24, 2.45) is 0 Å². The smallest absolute Gasteiger partial charge is 0.153 e. The number of hydrogen-bond acceptors (Lipinski definition) is 3. The van der Waals surface area contributed by atoms with Gasteiger partial charge in [0.05, 0.1) is 0 Å². The summed E-state index contributed by atoms with van der Waals surface area (Å²) >= 11 is 0. The largest absolute Gasteiger partial charge is 0.489 e. The van der Waals surface area contributed by atoms with Crippen LogP contribution in [0.25, 0.3) is 0 Å². The van der Waals surface area contributed by atoms with E-state index in [9.17, 15) is 8.78 Å². The van der Waals surface area contributed by atoms with Gasteiger partial charge in [0.2, 0.25) is 0 Å². The van der Waals surface area contributed by atoms with E-state index in [4.69, 9.17) is 4.74 Å². The highest BCUT2D eigenvalue weighted by atomic mass is 35.5. The molecule has 0 atom stereocenters. The molecule has 0 aromatic heterocycles. The second-order valence-electron chi connectivity index (χ2n) is 5.25. The van der Waals surface area contributed by atoms with Gasteiger partial charge in [-0.25, -0.2) is 8.78 Å². The zero-order chi connectivity index (χ0) is 15.4. The Hall–Kier alpha value is -1.85. The molecule has 2 aromatic carbocycles. The molecular formula is C17H19ClF2N2O. The second-order valence-corrected chi connectivity index (χ2v) is 5.25. The predicted octanol–water partition coefficient (Wildman–Crippen LogP) is 3.38. The Kier molecular flexibility index (Phi) is 6.19. The molecule has 0 radical (unpaired) electrons. The van der Waals surface area contributed by atoms with Crippen LogP contribution in [0.15, 0.2) is 42.5 Å². The SMILES string of the molecule is Cl.Fc1cc(OCc2ccccc2)cc(F)c1N1CCNCC1. The number of anilines is 1. The summed E-state index contributed by atoms with van der Waals surface area (Å²) < 4.78 is 34.0. The Morgan fingerprint density at radius 1 is 1.00 bits per heavy atom. The van der Waals surface area contributed by atoms with Crippen LogP contribution in [0.1, 0.15) is 5.56 Å². The van der Waals surface area contributed by atoms with Crippen molar-refractivity contribution in [1.29, 1.82) is 0 Å². The predicted molar refractivity (Wildman–Crippen MR) is 89.5 cm³/mol. The molecule has 0 unspecified atom stereocenters. The summed E-state index contributed by atoms with van der Waals surface area (Å²) in [5.74, 6) is -0.951. The molecule has 1 N–H and O–H groups in total. The van der Waals surface area contributed by atoms with Gasteiger partial charge in [0.15, 0.2) is 11.6 Å². The lowest BCUT2D eigenvalue weighted by Crippen LogP contribution is -2.44. The minimum absolute atomic E-state index is 0. The molecule has 0 bridgehead atoms. The van der Waals surface area contributed by atoms with Gasteiger partial charge in [0.25, 0.3) is 0 Å². The molecule has 23 heavy (non-hydrogen) atoms. The van der Waals surface area contributed by atoms with E-state index >= 15 is 0 Å². The topological polar surface area (TPSA) is 24.5 Å². The maximum absolute atomic E-state index is 14.2. The molecule has 6 heteroatoms. The second kappa shape index (κ2) is 8.13. The summed E-state index contributed by atoms with van der Waals surface area (Å²) in [7, 11) is 0. The Morgan fingerprint density at radius 2 is 1.61 bits per heavy atom. The molecule has 3 rings (SSSR count). The van der Waals surface area contributed by atoms with Crippen LogP contribution in [-0.2, 0) is 6.61 Å². The minimum Gasteiger partial charge on any atom is -0.489 e. The molecule has 1 saturated heterocycles. The van der Waals surface area contributed by atoms with E-state index in [1.165, 1.54) is 12.1 Å². The van der Waals surface area contributed by atoms with Crippen molar-refractivity contribution in [2.45, 2.75) is 6.61 Å². The number of nitrogens with one attached hydrogen (secondary N) is 1. The van der Waals surface area contributed by atoms with Crippen LogP contribution in [0, 0.1) is 11.6 Å². The Bertz CT molecular complexity index is 611. The van der Waals surface area contributed by atoms with Crippen LogP contribution in [0.4, 0.5) is 14.5 Å². The molecule has 2 aromatic rings. The van der Waals surface area contributed by atoms with Gasteiger partial charge in [0, 0.05) is 38.3 Å². The molecule has 1 fully saturated rings. The van der Waals surface area contributed by atoms with E-state index < -0.39 is 11.6 Å². The fourth-order valence-corrected chi connectivity index (χ4v) is 2.56. The molecule has 0 saturated carbocycles. The first-order valence-corrected chi connectivity index (χ1v) is 7.35. The standard InChI is InChI=1S/C17H18F2N2O.ClH/c18-15-10-14(22-12-13-4-2-1-3-5-13)11-16(19)17(15)21-8-6-20-7-9-21;/h1-5,10-11,20H,6-9,12H2;1H. The Labute approximate surface area is 140 Å². The fraction of sp³-hybridized carbons (Fsp3) is 0.294. The highest BCUT2D eigenvalue weighted by molar-refractivity contribution is 5.85. The van der Waals surface area contributed by atoms with Crippen molar-refractivity contribution >= 4 is 18.1 Å². The number of hydrogen-bond donors (Lipinski definition) is 1. The molecule has 0 spiro atoms. The van der Waals surface area contributed by atoms with Gasteiger partial charge in [-0.3, -0.25) is 0 Å². The first-order chi connectivity index (χ1) is 10.7. The minimum atomic E-state index is -0.579. The van der Waals surface area contributed by atoms with Crippen LogP contribution < -0.4 is 15.0 Å². The number of nitrogens with zero attached hydrogens (tertiary/aromatic N) is 1. The van der Waals surface area contributed by atoms with E-state index in [1.54, 1.807) is 4.90 Å². The normalized spacial score (nSPS) is 14.3. The van der Waals surface area contributed by atoms with Crippen molar-refractivity contribution in [3.63, 3.8) is 0 Å². The van der Waals surface area contributed by atoms with Crippen LogP contribution in [-0.4, -0.2) is 26.2 Å². The van der Waals surface area contributed by atoms with Crippen LogP contribution in [0.5, 0.6) is 5.75 Å².